The van der Waals surface area contributed by atoms with E-state index in [0.29, 0.717) is 12.2 Å². The van der Waals surface area contributed by atoms with Crippen LogP contribution < -0.4 is 10.1 Å². The molecule has 1 aromatic carbocycles. The quantitative estimate of drug-likeness (QED) is 0.522. The van der Waals surface area contributed by atoms with Crippen molar-refractivity contribution >= 4 is 11.9 Å². The molecule has 2 fully saturated rings. The van der Waals surface area contributed by atoms with Crippen LogP contribution in [-0.2, 0) is 35.6 Å². The summed E-state index contributed by atoms with van der Waals surface area (Å²) in [5.74, 6) is -0.329. The fraction of sp³-hybridized carbons (Fsp3) is 0.733. The molecular weight excluding hydrogens is 500 g/mol. The van der Waals surface area contributed by atoms with Crippen LogP contribution in [0, 0.1) is 0 Å². The molecule has 1 spiro atoms. The third kappa shape index (κ3) is 4.50. The number of piperidine rings is 1. The number of esters is 2. The van der Waals surface area contributed by atoms with E-state index in [2.05, 4.69) is 17.3 Å². The van der Waals surface area contributed by atoms with E-state index in [4.69, 9.17) is 18.9 Å². The van der Waals surface area contributed by atoms with Crippen LogP contribution in [0.3, 0.4) is 0 Å². The highest BCUT2D eigenvalue weighted by atomic mass is 16.6. The van der Waals surface area contributed by atoms with Crippen LogP contribution in [0.4, 0.5) is 0 Å². The molecule has 1 saturated carbocycles. The zero-order chi connectivity index (χ0) is 28.5. The molecule has 0 amide bonds. The number of aromatic hydroxyl groups is 1. The van der Waals surface area contributed by atoms with E-state index in [1.165, 1.54) is 5.56 Å². The second-order valence-electron chi connectivity index (χ2n) is 13.7. The first-order chi connectivity index (χ1) is 18.1. The number of hydrogen-bond acceptors (Lipinski definition) is 9. The monoisotopic (exact) mass is 544 g/mol. The molecule has 0 radical (unpaired) electrons. The Balaban J connectivity index is 1.52. The topological polar surface area (TPSA) is 107 Å². The first kappa shape index (κ1) is 28.2. The SMILES string of the molecule is CO[C@@]12CC[C@H](N[C@@H](CC(=O)OC(C)(C)C)C(=O)OC(C)(C)C)[C@@H]3Oc4c(O)ccc5c4C31CCN(C)C2C5. The molecule has 2 aliphatic carbocycles. The average molecular weight is 545 g/mol. The zero-order valence-electron chi connectivity index (χ0n) is 24.6. The number of carbonyl (C=O) groups is 2. The molecule has 2 heterocycles. The standard InChI is InChI=1S/C30H44N2O7/c1-27(2,3)38-22(34)16-19(26(35)39-28(4,5)6)31-18-11-12-30(36-8)21-15-17-9-10-20(33)24-23(17)29(30,25(18)37-24)13-14-32(21)7/h9-10,18-19,21,25,31,33H,11-16H2,1-8H3/t18-,19-,21?,25-,29?,30+/m0/s1. The average Bonchev–Trinajstić information content (AvgIpc) is 3.17. The van der Waals surface area contributed by atoms with Crippen molar-refractivity contribution < 1.29 is 33.6 Å². The lowest BCUT2D eigenvalue weighted by Gasteiger charge is -2.65. The zero-order valence-corrected chi connectivity index (χ0v) is 24.6. The van der Waals surface area contributed by atoms with E-state index >= 15 is 0 Å². The molecule has 1 aromatic rings. The van der Waals surface area contributed by atoms with Gasteiger partial charge in [-0.05, 0) is 92.4 Å². The van der Waals surface area contributed by atoms with Gasteiger partial charge in [-0.25, -0.2) is 0 Å². The highest BCUT2D eigenvalue weighted by Crippen LogP contribution is 2.66. The summed E-state index contributed by atoms with van der Waals surface area (Å²) < 4.78 is 24.5. The number of likely N-dealkylation sites (tertiary alicyclic amines) is 1. The first-order valence-corrected chi connectivity index (χ1v) is 14.1. The highest BCUT2D eigenvalue weighted by Gasteiger charge is 2.73. The van der Waals surface area contributed by atoms with Crippen LogP contribution in [0.25, 0.3) is 0 Å². The van der Waals surface area contributed by atoms with Gasteiger partial charge in [0.15, 0.2) is 11.5 Å². The smallest absolute Gasteiger partial charge is 0.324 e. The number of phenols is 1. The van der Waals surface area contributed by atoms with Gasteiger partial charge in [0, 0.05) is 24.8 Å². The third-order valence-corrected chi connectivity index (χ3v) is 8.95. The Bertz CT molecular complexity index is 1160. The Morgan fingerprint density at radius 2 is 1.85 bits per heavy atom. The Kier molecular flexibility index (Phi) is 6.75. The van der Waals surface area contributed by atoms with Gasteiger partial charge >= 0.3 is 11.9 Å². The van der Waals surface area contributed by atoms with Gasteiger partial charge in [0.2, 0.25) is 0 Å². The predicted molar refractivity (Wildman–Crippen MR) is 145 cm³/mol. The molecule has 9 nitrogen and oxygen atoms in total. The van der Waals surface area contributed by atoms with Crippen molar-refractivity contribution in [1.29, 1.82) is 0 Å². The lowest BCUT2D eigenvalue weighted by atomic mass is 9.48. The molecule has 2 unspecified atom stereocenters. The molecule has 5 rings (SSSR count). The van der Waals surface area contributed by atoms with Crippen molar-refractivity contribution in [3.8, 4) is 11.5 Å². The maximum Gasteiger partial charge on any atom is 0.324 e. The minimum atomic E-state index is -0.915. The number of carbonyl (C=O) groups excluding carboxylic acids is 2. The van der Waals surface area contributed by atoms with Crippen LogP contribution in [0.2, 0.25) is 0 Å². The maximum atomic E-state index is 13.4. The van der Waals surface area contributed by atoms with Crippen molar-refractivity contribution in [2.45, 2.75) is 120 Å². The minimum absolute atomic E-state index is 0.121. The van der Waals surface area contributed by atoms with E-state index in [9.17, 15) is 14.7 Å². The minimum Gasteiger partial charge on any atom is -0.504 e. The summed E-state index contributed by atoms with van der Waals surface area (Å²) >= 11 is 0. The predicted octanol–water partition coefficient (Wildman–Crippen LogP) is 3.23. The number of hydrogen-bond donors (Lipinski definition) is 2. The van der Waals surface area contributed by atoms with Crippen molar-refractivity contribution in [2.24, 2.45) is 0 Å². The summed E-state index contributed by atoms with van der Waals surface area (Å²) in [6.07, 6.45) is 2.48. The summed E-state index contributed by atoms with van der Waals surface area (Å²) in [5.41, 5.74) is -0.166. The van der Waals surface area contributed by atoms with E-state index in [-0.39, 0.29) is 24.3 Å². The Labute approximate surface area is 231 Å². The second kappa shape index (κ2) is 9.35. The number of nitrogens with one attached hydrogen (secondary N) is 1. The van der Waals surface area contributed by atoms with Crippen LogP contribution in [0.15, 0.2) is 12.1 Å². The van der Waals surface area contributed by atoms with Gasteiger partial charge in [0.25, 0.3) is 0 Å². The molecule has 2 aliphatic heterocycles. The number of ether oxygens (including phenoxy) is 4. The number of rotatable bonds is 6. The molecular formula is C30H44N2O7. The highest BCUT2D eigenvalue weighted by molar-refractivity contribution is 5.83. The Hall–Kier alpha value is -2.36. The molecule has 6 atom stereocenters. The number of nitrogens with zero attached hydrogens (tertiary/aromatic N) is 1. The Morgan fingerprint density at radius 3 is 2.49 bits per heavy atom. The summed E-state index contributed by atoms with van der Waals surface area (Å²) in [6.45, 7) is 11.7. The van der Waals surface area contributed by atoms with E-state index in [1.807, 2.05) is 26.8 Å². The molecule has 4 aliphatic rings. The van der Waals surface area contributed by atoms with Gasteiger partial charge < -0.3 is 29.0 Å². The molecule has 39 heavy (non-hydrogen) atoms. The first-order valence-electron chi connectivity index (χ1n) is 14.1. The molecule has 2 N–H and O–H groups in total. The third-order valence-electron chi connectivity index (χ3n) is 8.95. The van der Waals surface area contributed by atoms with Crippen LogP contribution in [-0.4, -0.2) is 83.7 Å². The maximum absolute atomic E-state index is 13.4. The summed E-state index contributed by atoms with van der Waals surface area (Å²) in [5, 5.41) is 14.4. The van der Waals surface area contributed by atoms with Crippen molar-refractivity contribution in [2.75, 3.05) is 20.7 Å². The largest absolute Gasteiger partial charge is 0.504 e. The molecule has 0 aromatic heterocycles. The number of phenolic OH excluding ortho intramolecular Hbond substituents is 1. The van der Waals surface area contributed by atoms with Crippen molar-refractivity contribution in [1.82, 2.24) is 10.2 Å². The summed E-state index contributed by atoms with van der Waals surface area (Å²) in [6, 6.07) is 2.69. The molecule has 216 valence electrons. The van der Waals surface area contributed by atoms with Crippen LogP contribution in [0.1, 0.15) is 78.4 Å². The lowest BCUT2D eigenvalue weighted by molar-refractivity contribution is -0.204. The van der Waals surface area contributed by atoms with Crippen molar-refractivity contribution in [3.05, 3.63) is 23.3 Å². The van der Waals surface area contributed by atoms with Crippen LogP contribution >= 0.6 is 0 Å². The van der Waals surface area contributed by atoms with E-state index < -0.39 is 46.3 Å². The molecule has 2 bridgehead atoms. The Morgan fingerprint density at radius 1 is 1.15 bits per heavy atom. The van der Waals surface area contributed by atoms with Crippen molar-refractivity contribution in [3.63, 3.8) is 0 Å². The second-order valence-corrected chi connectivity index (χ2v) is 13.7. The molecule has 1 saturated heterocycles. The number of likely N-dealkylation sites (N-methyl/N-ethyl adjacent to an activating group) is 1. The van der Waals surface area contributed by atoms with Gasteiger partial charge in [0.05, 0.1) is 17.4 Å². The van der Waals surface area contributed by atoms with Gasteiger partial charge in [-0.15, -0.1) is 0 Å². The van der Waals surface area contributed by atoms with Gasteiger partial charge in [-0.2, -0.15) is 0 Å². The van der Waals surface area contributed by atoms with Gasteiger partial charge in [0.1, 0.15) is 23.3 Å². The van der Waals surface area contributed by atoms with Crippen LogP contribution in [0.5, 0.6) is 11.5 Å². The summed E-state index contributed by atoms with van der Waals surface area (Å²) in [7, 11) is 3.94. The van der Waals surface area contributed by atoms with E-state index in [0.717, 1.165) is 31.4 Å². The van der Waals surface area contributed by atoms with Gasteiger partial charge in [-0.3, -0.25) is 14.9 Å². The fourth-order valence-corrected chi connectivity index (χ4v) is 7.70. The lowest BCUT2D eigenvalue weighted by Crippen LogP contribution is -2.78. The fourth-order valence-electron chi connectivity index (χ4n) is 7.70. The van der Waals surface area contributed by atoms with Gasteiger partial charge in [-0.1, -0.05) is 6.07 Å². The summed E-state index contributed by atoms with van der Waals surface area (Å²) in [4.78, 5) is 28.7. The number of benzene rings is 1. The molecule has 9 heteroatoms. The number of methoxy groups -OCH3 is 1. The normalized spacial score (nSPS) is 32.2. The van der Waals surface area contributed by atoms with E-state index in [1.54, 1.807) is 33.9 Å².